The van der Waals surface area contributed by atoms with Crippen LogP contribution in [0.25, 0.3) is 0 Å². The third-order valence-electron chi connectivity index (χ3n) is 7.36. The van der Waals surface area contributed by atoms with Crippen LogP contribution < -0.4 is 10.1 Å². The van der Waals surface area contributed by atoms with Crippen molar-refractivity contribution in [2.24, 2.45) is 0 Å². The van der Waals surface area contributed by atoms with Crippen LogP contribution in [-0.4, -0.2) is 56.9 Å². The molecule has 0 saturated heterocycles. The van der Waals surface area contributed by atoms with Crippen LogP contribution in [0.3, 0.4) is 0 Å². The molecule has 0 radical (unpaired) electrons. The zero-order valence-corrected chi connectivity index (χ0v) is 26.2. The Morgan fingerprint density at radius 1 is 0.870 bits per heavy atom. The average molecular weight is 631 g/mol. The van der Waals surface area contributed by atoms with Gasteiger partial charge in [0.15, 0.2) is 11.5 Å². The minimum absolute atomic E-state index is 0.0568. The molecule has 1 aliphatic heterocycles. The van der Waals surface area contributed by atoms with Crippen molar-refractivity contribution in [2.75, 3.05) is 28.4 Å². The first-order chi connectivity index (χ1) is 21.9. The lowest BCUT2D eigenvalue weighted by atomic mass is 9.79. The molecule has 4 rings (SSSR count). The molecule has 0 fully saturated rings. The van der Waals surface area contributed by atoms with Gasteiger partial charge in [-0.15, -0.1) is 6.58 Å². The maximum atomic E-state index is 12.3. The van der Waals surface area contributed by atoms with Crippen molar-refractivity contribution in [1.29, 1.82) is 0 Å². The number of nitrogens with one attached hydrogen (secondary N) is 1. The number of esters is 2. The predicted molar refractivity (Wildman–Crippen MR) is 168 cm³/mol. The summed E-state index contributed by atoms with van der Waals surface area (Å²) in [6, 6.07) is 13.3. The summed E-state index contributed by atoms with van der Waals surface area (Å²) in [7, 11) is 5.37. The maximum Gasteiger partial charge on any atom is 0.336 e. The summed E-state index contributed by atoms with van der Waals surface area (Å²) in [4.78, 5) is 59.6. The van der Waals surface area contributed by atoms with E-state index in [0.29, 0.717) is 17.0 Å². The summed E-state index contributed by atoms with van der Waals surface area (Å²) in [5.41, 5.74) is 2.45. The maximum absolute atomic E-state index is 12.3. The third-order valence-corrected chi connectivity index (χ3v) is 7.36. The van der Waals surface area contributed by atoms with Gasteiger partial charge in [0.1, 0.15) is 5.75 Å². The summed E-state index contributed by atoms with van der Waals surface area (Å²) in [6.45, 7) is 7.06. The molecule has 12 heteroatoms. The number of nitro benzene ring substituents is 1. The minimum Gasteiger partial charge on any atom is -0.497 e. The number of methoxy groups -OCH3 is 4. The Labute approximate surface area is 265 Å². The standard InChI is InChI=1S/C17H18N2O6.C17H16O4/c1-9-13(16(20)24-3)15(14(10(2)18-9)17(21)25-4)11-7-5-6-8-12(11)19(22)23;1-4-13(11-5-7-12(20-2)8-6-11)14-9-16(19)17(21-3)10-15(14)18/h5-8,15,18H,1-4H3;4-10,13H,1H2,2-3H3. The predicted octanol–water partition coefficient (Wildman–Crippen LogP) is 4.75. The summed E-state index contributed by atoms with van der Waals surface area (Å²) < 4.78 is 19.6. The molecule has 2 aromatic carbocycles. The highest BCUT2D eigenvalue weighted by molar-refractivity contribution is 6.19. The molecule has 1 unspecified atom stereocenters. The molecular weight excluding hydrogens is 596 g/mol. The van der Waals surface area contributed by atoms with Gasteiger partial charge >= 0.3 is 11.9 Å². The fourth-order valence-electron chi connectivity index (χ4n) is 5.18. The Hall–Kier alpha value is -5.78. The van der Waals surface area contributed by atoms with Crippen LogP contribution in [0, 0.1) is 10.1 Å². The van der Waals surface area contributed by atoms with E-state index in [-0.39, 0.29) is 45.6 Å². The Balaban J connectivity index is 0.000000254. The van der Waals surface area contributed by atoms with Crippen molar-refractivity contribution in [3.63, 3.8) is 0 Å². The van der Waals surface area contributed by atoms with E-state index >= 15 is 0 Å². The van der Waals surface area contributed by atoms with E-state index in [1.54, 1.807) is 45.2 Å². The van der Waals surface area contributed by atoms with Crippen molar-refractivity contribution >= 4 is 29.2 Å². The van der Waals surface area contributed by atoms with Gasteiger partial charge in [0, 0.05) is 40.6 Å². The largest absolute Gasteiger partial charge is 0.497 e. The molecule has 0 aromatic heterocycles. The van der Waals surface area contributed by atoms with Crippen molar-refractivity contribution in [3.8, 4) is 5.75 Å². The van der Waals surface area contributed by atoms with Gasteiger partial charge in [-0.25, -0.2) is 9.59 Å². The number of ether oxygens (including phenoxy) is 4. The van der Waals surface area contributed by atoms with E-state index in [1.807, 2.05) is 12.1 Å². The highest BCUT2D eigenvalue weighted by Crippen LogP contribution is 2.42. The zero-order chi connectivity index (χ0) is 34.1. The topological polar surface area (TPSA) is 160 Å². The second kappa shape index (κ2) is 15.3. The smallest absolute Gasteiger partial charge is 0.336 e. The molecule has 2 aliphatic rings. The van der Waals surface area contributed by atoms with E-state index in [0.717, 1.165) is 11.3 Å². The first-order valence-electron chi connectivity index (χ1n) is 13.8. The number of rotatable bonds is 9. The number of ketones is 2. The van der Waals surface area contributed by atoms with Gasteiger partial charge in [-0.1, -0.05) is 36.4 Å². The van der Waals surface area contributed by atoms with Crippen LogP contribution in [0.1, 0.15) is 36.8 Å². The van der Waals surface area contributed by atoms with Gasteiger partial charge in [0.25, 0.3) is 5.69 Å². The van der Waals surface area contributed by atoms with Gasteiger partial charge in [0.05, 0.1) is 50.4 Å². The summed E-state index contributed by atoms with van der Waals surface area (Å²) in [6.07, 6.45) is 4.18. The highest BCUT2D eigenvalue weighted by atomic mass is 16.6. The number of nitro groups is 1. The van der Waals surface area contributed by atoms with Crippen molar-refractivity contribution in [1.82, 2.24) is 5.32 Å². The summed E-state index contributed by atoms with van der Waals surface area (Å²) in [5.74, 6) is -2.45. The van der Waals surface area contributed by atoms with Crippen LogP contribution in [0.15, 0.2) is 107 Å². The van der Waals surface area contributed by atoms with Crippen LogP contribution >= 0.6 is 0 Å². The van der Waals surface area contributed by atoms with Crippen molar-refractivity contribution in [3.05, 3.63) is 128 Å². The van der Waals surface area contributed by atoms with E-state index in [4.69, 9.17) is 18.9 Å². The molecular formula is C34H34N2O10. The van der Waals surface area contributed by atoms with Crippen LogP contribution in [0.4, 0.5) is 5.69 Å². The SMILES string of the molecule is C=CC(C1=CC(=O)C(OC)=CC1=O)c1ccc(OC)cc1.COC(=O)C1=C(C)NC(C)=C(C(=O)OC)C1c1ccccc1[N+](=O)[O-]. The van der Waals surface area contributed by atoms with Crippen LogP contribution in [0.5, 0.6) is 5.75 Å². The van der Waals surface area contributed by atoms with Gasteiger partial charge < -0.3 is 24.3 Å². The van der Waals surface area contributed by atoms with E-state index in [1.165, 1.54) is 51.7 Å². The number of carbonyl (C=O) groups is 4. The second-order valence-corrected chi connectivity index (χ2v) is 9.96. The van der Waals surface area contributed by atoms with E-state index in [9.17, 15) is 29.3 Å². The number of carbonyl (C=O) groups excluding carboxylic acids is 4. The Morgan fingerprint density at radius 2 is 1.43 bits per heavy atom. The average Bonchev–Trinajstić information content (AvgIpc) is 3.06. The number of allylic oxidation sites excluding steroid dienone is 6. The molecule has 2 aromatic rings. The van der Waals surface area contributed by atoms with Gasteiger partial charge in [0.2, 0.25) is 5.78 Å². The summed E-state index contributed by atoms with van der Waals surface area (Å²) >= 11 is 0. The lowest BCUT2D eigenvalue weighted by Gasteiger charge is -2.29. The molecule has 0 bridgehead atoms. The fraction of sp³-hybridized carbons (Fsp3) is 0.235. The van der Waals surface area contributed by atoms with E-state index in [2.05, 4.69) is 11.9 Å². The molecule has 12 nitrogen and oxygen atoms in total. The third kappa shape index (κ3) is 7.29. The minimum atomic E-state index is -0.970. The Morgan fingerprint density at radius 3 is 1.91 bits per heavy atom. The number of hydrogen-bond donors (Lipinski definition) is 1. The number of benzene rings is 2. The van der Waals surface area contributed by atoms with Crippen molar-refractivity contribution < 1.29 is 43.0 Å². The lowest BCUT2D eigenvalue weighted by Crippen LogP contribution is -2.32. The molecule has 1 N–H and O–H groups in total. The molecule has 1 atom stereocenters. The first-order valence-corrected chi connectivity index (χ1v) is 13.8. The first kappa shape index (κ1) is 34.7. The molecule has 0 spiro atoms. The van der Waals surface area contributed by atoms with Crippen LogP contribution in [-0.2, 0) is 33.4 Å². The quantitative estimate of drug-likeness (QED) is 0.134. The number of nitrogens with zero attached hydrogens (tertiary/aromatic N) is 1. The molecule has 46 heavy (non-hydrogen) atoms. The molecule has 1 heterocycles. The van der Waals surface area contributed by atoms with Crippen LogP contribution in [0.2, 0.25) is 0 Å². The molecule has 0 saturated carbocycles. The zero-order valence-electron chi connectivity index (χ0n) is 26.2. The molecule has 1 aliphatic carbocycles. The Kier molecular flexibility index (Phi) is 11.5. The normalized spacial score (nSPS) is 15.3. The number of hydrogen-bond acceptors (Lipinski definition) is 11. The van der Waals surface area contributed by atoms with Gasteiger partial charge in [-0.2, -0.15) is 0 Å². The summed E-state index contributed by atoms with van der Waals surface area (Å²) in [5, 5.41) is 14.4. The monoisotopic (exact) mass is 630 g/mol. The fourth-order valence-corrected chi connectivity index (χ4v) is 5.18. The lowest BCUT2D eigenvalue weighted by molar-refractivity contribution is -0.385. The number of dihydropyridines is 1. The van der Waals surface area contributed by atoms with Gasteiger partial charge in [-0.3, -0.25) is 19.7 Å². The second-order valence-electron chi connectivity index (χ2n) is 9.96. The molecule has 0 amide bonds. The highest BCUT2D eigenvalue weighted by Gasteiger charge is 2.40. The van der Waals surface area contributed by atoms with Gasteiger partial charge in [-0.05, 0) is 37.6 Å². The number of para-hydroxylation sites is 1. The van der Waals surface area contributed by atoms with Crippen molar-refractivity contribution in [2.45, 2.75) is 25.7 Å². The van der Waals surface area contributed by atoms with E-state index < -0.39 is 22.8 Å². The Bertz CT molecular complexity index is 1660. The molecule has 240 valence electrons.